The lowest BCUT2D eigenvalue weighted by molar-refractivity contribution is -0.254. The minimum atomic E-state index is -1.23. The molecule has 12 heteroatoms. The molecular formula is C31H33NO10S. The molecule has 0 spiro atoms. The first-order valence-electron chi connectivity index (χ1n) is 14.0. The third-order valence-electron chi connectivity index (χ3n) is 7.16. The van der Waals surface area contributed by atoms with Crippen molar-refractivity contribution in [1.82, 2.24) is 4.98 Å². The van der Waals surface area contributed by atoms with E-state index in [1.807, 2.05) is 30.3 Å². The summed E-state index contributed by atoms with van der Waals surface area (Å²) in [5.41, 5.74) is 2.89. The Morgan fingerprint density at radius 3 is 2.23 bits per heavy atom. The molecule has 5 rings (SSSR count). The summed E-state index contributed by atoms with van der Waals surface area (Å²) in [7, 11) is 0. The Morgan fingerprint density at radius 1 is 0.907 bits per heavy atom. The molecule has 2 aromatic heterocycles. The van der Waals surface area contributed by atoms with E-state index in [0.29, 0.717) is 17.9 Å². The average Bonchev–Trinajstić information content (AvgIpc) is 3.42. The van der Waals surface area contributed by atoms with Crippen LogP contribution in [-0.4, -0.2) is 59.9 Å². The Labute approximate surface area is 252 Å². The number of thiazole rings is 1. The molecule has 3 aromatic rings. The van der Waals surface area contributed by atoms with Gasteiger partial charge >= 0.3 is 23.9 Å². The molecule has 0 radical (unpaired) electrons. The predicted molar refractivity (Wildman–Crippen MR) is 152 cm³/mol. The second kappa shape index (κ2) is 13.1. The fourth-order valence-corrected chi connectivity index (χ4v) is 6.24. The van der Waals surface area contributed by atoms with Gasteiger partial charge < -0.3 is 28.1 Å². The number of aromatic nitrogens is 1. The van der Waals surface area contributed by atoms with Gasteiger partial charge in [-0.15, -0.1) is 11.3 Å². The normalized spacial score (nSPS) is 23.3. The zero-order valence-corrected chi connectivity index (χ0v) is 25.1. The smallest absolute Gasteiger partial charge is 0.303 e. The third kappa shape index (κ3) is 7.49. The van der Waals surface area contributed by atoms with Crippen molar-refractivity contribution in [2.45, 2.75) is 83.4 Å². The molecule has 1 saturated heterocycles. The number of carbonyl (C=O) groups is 4. The first-order valence-corrected chi connectivity index (χ1v) is 14.8. The van der Waals surface area contributed by atoms with E-state index < -0.39 is 54.4 Å². The first kappa shape index (κ1) is 30.4. The van der Waals surface area contributed by atoms with E-state index in [1.165, 1.54) is 44.6 Å². The molecule has 0 unspecified atom stereocenters. The number of hydrogen-bond donors (Lipinski definition) is 0. The molecule has 1 aromatic carbocycles. The van der Waals surface area contributed by atoms with Crippen LogP contribution in [0.5, 0.6) is 0 Å². The van der Waals surface area contributed by atoms with Crippen LogP contribution >= 0.6 is 11.3 Å². The lowest BCUT2D eigenvalue weighted by Crippen LogP contribution is -2.59. The zero-order chi connectivity index (χ0) is 30.7. The van der Waals surface area contributed by atoms with Crippen molar-refractivity contribution >= 4 is 35.2 Å². The molecule has 228 valence electrons. The summed E-state index contributed by atoms with van der Waals surface area (Å²) in [4.78, 5) is 53.8. The number of hydrogen-bond acceptors (Lipinski definition) is 12. The zero-order valence-electron chi connectivity index (χ0n) is 24.3. The lowest BCUT2D eigenvalue weighted by atomic mass is 9.88. The van der Waals surface area contributed by atoms with Gasteiger partial charge in [0, 0.05) is 40.3 Å². The molecular weight excluding hydrogens is 578 g/mol. The fourth-order valence-electron chi connectivity index (χ4n) is 5.33. The molecule has 43 heavy (non-hydrogen) atoms. The van der Waals surface area contributed by atoms with E-state index in [9.17, 15) is 19.2 Å². The highest BCUT2D eigenvalue weighted by Gasteiger charge is 2.52. The topological polar surface area (TPSA) is 140 Å². The van der Waals surface area contributed by atoms with Crippen LogP contribution in [-0.2, 0) is 49.3 Å². The lowest BCUT2D eigenvalue weighted by Gasteiger charge is -2.44. The Hall–Kier alpha value is -4.03. The van der Waals surface area contributed by atoms with Gasteiger partial charge in [-0.1, -0.05) is 18.2 Å². The number of ether oxygens (including phenoxy) is 5. The average molecular weight is 612 g/mol. The molecule has 3 heterocycles. The van der Waals surface area contributed by atoms with Crippen LogP contribution in [0.1, 0.15) is 74.3 Å². The van der Waals surface area contributed by atoms with E-state index >= 15 is 0 Å². The summed E-state index contributed by atoms with van der Waals surface area (Å²) in [6.45, 7) is 4.59. The number of furan rings is 1. The second-order valence-corrected chi connectivity index (χ2v) is 11.7. The second-order valence-electron chi connectivity index (χ2n) is 10.6. The van der Waals surface area contributed by atoms with Gasteiger partial charge in [0.05, 0.1) is 16.1 Å². The van der Waals surface area contributed by atoms with E-state index in [4.69, 9.17) is 28.1 Å². The summed E-state index contributed by atoms with van der Waals surface area (Å²) in [5.74, 6) is -1.37. The Bertz CT molecular complexity index is 1480. The maximum Gasteiger partial charge on any atom is 0.303 e. The first-order chi connectivity index (χ1) is 20.6. The van der Waals surface area contributed by atoms with Crippen LogP contribution in [0.3, 0.4) is 0 Å². The minimum absolute atomic E-state index is 0.282. The molecule has 11 nitrogen and oxygen atoms in total. The van der Waals surface area contributed by atoms with Gasteiger partial charge in [0.1, 0.15) is 24.6 Å². The van der Waals surface area contributed by atoms with Crippen molar-refractivity contribution in [2.75, 3.05) is 6.61 Å². The minimum Gasteiger partial charge on any atom is -0.463 e. The van der Waals surface area contributed by atoms with Gasteiger partial charge in [0.15, 0.2) is 18.3 Å². The largest absolute Gasteiger partial charge is 0.463 e. The molecule has 2 aliphatic rings. The van der Waals surface area contributed by atoms with Crippen LogP contribution in [0.2, 0.25) is 0 Å². The summed E-state index contributed by atoms with van der Waals surface area (Å²) >= 11 is 1.54. The predicted octanol–water partition coefficient (Wildman–Crippen LogP) is 4.67. The van der Waals surface area contributed by atoms with Gasteiger partial charge in [0.25, 0.3) is 0 Å². The Balaban J connectivity index is 1.53. The van der Waals surface area contributed by atoms with Crippen LogP contribution in [0.25, 0.3) is 10.6 Å². The van der Waals surface area contributed by atoms with Crippen LogP contribution in [0.15, 0.2) is 47.2 Å². The van der Waals surface area contributed by atoms with Crippen LogP contribution in [0, 0.1) is 0 Å². The van der Waals surface area contributed by atoms with Gasteiger partial charge in [-0.05, 0) is 47.6 Å². The molecule has 1 aliphatic heterocycles. The van der Waals surface area contributed by atoms with E-state index in [-0.39, 0.29) is 6.61 Å². The van der Waals surface area contributed by atoms with Gasteiger partial charge in [-0.3, -0.25) is 19.2 Å². The van der Waals surface area contributed by atoms with Crippen molar-refractivity contribution in [3.63, 3.8) is 0 Å². The Morgan fingerprint density at radius 2 is 1.60 bits per heavy atom. The maximum absolute atomic E-state index is 12.3. The van der Waals surface area contributed by atoms with E-state index in [1.54, 1.807) is 12.5 Å². The number of benzene rings is 1. The van der Waals surface area contributed by atoms with Crippen molar-refractivity contribution < 1.29 is 47.3 Å². The van der Waals surface area contributed by atoms with Crippen LogP contribution < -0.4 is 0 Å². The highest BCUT2D eigenvalue weighted by Crippen LogP contribution is 2.44. The number of rotatable bonds is 10. The monoisotopic (exact) mass is 611 g/mol. The third-order valence-corrected chi connectivity index (χ3v) is 8.17. The highest BCUT2D eigenvalue weighted by molar-refractivity contribution is 7.15. The Kier molecular flexibility index (Phi) is 9.26. The summed E-state index contributed by atoms with van der Waals surface area (Å²) in [5, 5.41) is 0.895. The van der Waals surface area contributed by atoms with Crippen molar-refractivity contribution in [1.29, 1.82) is 0 Å². The van der Waals surface area contributed by atoms with Crippen molar-refractivity contribution in [3.8, 4) is 10.6 Å². The number of esters is 4. The molecule has 0 N–H and O–H groups in total. The van der Waals surface area contributed by atoms with Crippen LogP contribution in [0.4, 0.5) is 0 Å². The molecule has 0 bridgehead atoms. The number of carbonyl (C=O) groups excluding carboxylic acids is 4. The SMILES string of the molecule is CC(=O)OC[C@H]1O[C@@H](c2ccc(C3CC3)c(Cc3ncc(-c4ccco4)s3)c2)[C@H](OC(C)=O)[C@@H](OC(C)=O)[C@@H]1OC(C)=O. The molecule has 1 saturated carbocycles. The molecule has 5 atom stereocenters. The standard InChI is InChI=1S/C31H33NO10S/c1-16(33)38-15-25-29(39-17(2)34)31(41-19(4)36)30(40-18(3)35)28(42-25)21-9-10-23(20-7-8-20)22(12-21)13-27-32-14-26(43-27)24-6-5-11-37-24/h5-6,9-12,14,20,25,28-31H,7-8,13,15H2,1-4H3/t25-,28+,29-,30+,31+/m1/s1. The van der Waals surface area contributed by atoms with Gasteiger partial charge in [-0.2, -0.15) is 0 Å². The summed E-state index contributed by atoms with van der Waals surface area (Å²) in [6, 6.07) is 9.64. The number of nitrogens with zero attached hydrogens (tertiary/aromatic N) is 1. The summed E-state index contributed by atoms with van der Waals surface area (Å²) < 4.78 is 33.9. The quantitative estimate of drug-likeness (QED) is 0.233. The van der Waals surface area contributed by atoms with Crippen molar-refractivity contribution in [2.24, 2.45) is 0 Å². The molecule has 1 aliphatic carbocycles. The molecule has 2 fully saturated rings. The highest BCUT2D eigenvalue weighted by atomic mass is 32.1. The van der Waals surface area contributed by atoms with Gasteiger partial charge in [-0.25, -0.2) is 4.98 Å². The van der Waals surface area contributed by atoms with Crippen molar-refractivity contribution in [3.05, 3.63) is 64.5 Å². The fraction of sp³-hybridized carbons (Fsp3) is 0.452. The maximum atomic E-state index is 12.3. The van der Waals surface area contributed by atoms with E-state index in [2.05, 4.69) is 4.98 Å². The van der Waals surface area contributed by atoms with Gasteiger partial charge in [0.2, 0.25) is 0 Å². The van der Waals surface area contributed by atoms with E-state index in [0.717, 1.165) is 34.1 Å². The molecule has 0 amide bonds. The summed E-state index contributed by atoms with van der Waals surface area (Å²) in [6.07, 6.45) is 0.573.